The number of hydrogen-bond donors (Lipinski definition) is 6. The Morgan fingerprint density at radius 2 is 1.22 bits per heavy atom. The van der Waals surface area contributed by atoms with Crippen LogP contribution in [0, 0.1) is 28.6 Å². The summed E-state index contributed by atoms with van der Waals surface area (Å²) in [5, 5.41) is 65.9. The first kappa shape index (κ1) is 62.5. The molecule has 4 heterocycles. The molecule has 27 atom stereocenters. The van der Waals surface area contributed by atoms with Crippen LogP contribution in [0.3, 0.4) is 0 Å². The van der Waals surface area contributed by atoms with Gasteiger partial charge in [-0.05, 0) is 114 Å². The molecule has 2 aromatic carbocycles. The topological polar surface area (TPSA) is 276 Å². The molecular formula is C62H88O21. The molecule has 4 aliphatic heterocycles. The lowest BCUT2D eigenvalue weighted by Crippen LogP contribution is -2.67. The summed E-state index contributed by atoms with van der Waals surface area (Å²) in [5.74, 6) is -1.29. The quantitative estimate of drug-likeness (QED) is 0.0938. The van der Waals surface area contributed by atoms with Crippen LogP contribution in [0.15, 0.2) is 72.3 Å². The van der Waals surface area contributed by atoms with Gasteiger partial charge in [0.25, 0.3) is 0 Å². The fraction of sp³-hybridized carbons (Fsp3) is 0.742. The first-order valence-electron chi connectivity index (χ1n) is 29.8. The van der Waals surface area contributed by atoms with E-state index in [-0.39, 0.29) is 35.7 Å². The Balaban J connectivity index is 0.760. The highest BCUT2D eigenvalue weighted by molar-refractivity contribution is 5.90. The van der Waals surface area contributed by atoms with Gasteiger partial charge in [0.2, 0.25) is 0 Å². The fourth-order valence-electron chi connectivity index (χ4n) is 15.8. The zero-order valence-electron chi connectivity index (χ0n) is 49.1. The predicted octanol–water partition coefficient (Wildman–Crippen LogP) is 4.52. The third-order valence-corrected chi connectivity index (χ3v) is 20.5. The van der Waals surface area contributed by atoms with E-state index in [0.717, 1.165) is 12.8 Å². The van der Waals surface area contributed by atoms with Gasteiger partial charge in [0.15, 0.2) is 25.2 Å². The second-order valence-corrected chi connectivity index (χ2v) is 24.9. The van der Waals surface area contributed by atoms with Crippen LogP contribution in [-0.4, -0.2) is 205 Å². The van der Waals surface area contributed by atoms with Crippen LogP contribution in [0.2, 0.25) is 0 Å². The molecular weight excluding hydrogens is 1080 g/mol. The van der Waals surface area contributed by atoms with Crippen LogP contribution in [-0.2, 0) is 61.6 Å². The molecule has 0 bridgehead atoms. The average Bonchev–Trinajstić information content (AvgIpc) is 2.38. The van der Waals surface area contributed by atoms with Gasteiger partial charge >= 0.3 is 11.9 Å². The molecule has 21 nitrogen and oxygen atoms in total. The number of rotatable bonds is 17. The van der Waals surface area contributed by atoms with E-state index < -0.39 is 152 Å². The molecule has 0 unspecified atom stereocenters. The minimum absolute atomic E-state index is 0.00960. The van der Waals surface area contributed by atoms with Crippen LogP contribution >= 0.6 is 0 Å². The number of aliphatic hydroxyl groups excluding tert-OH is 5. The first-order chi connectivity index (χ1) is 39.7. The van der Waals surface area contributed by atoms with Gasteiger partial charge in [-0.2, -0.15) is 0 Å². The monoisotopic (exact) mass is 1170 g/mol. The fourth-order valence-corrected chi connectivity index (χ4v) is 15.8. The summed E-state index contributed by atoms with van der Waals surface area (Å²) in [6, 6.07) is 17.9. The van der Waals surface area contributed by atoms with Gasteiger partial charge in [-0.15, -0.1) is 0 Å². The smallest absolute Gasteiger partial charge is 0.338 e. The van der Waals surface area contributed by atoms with E-state index in [1.165, 1.54) is 12.7 Å². The molecule has 0 aromatic heterocycles. The number of fused-ring (bicyclic) bond motifs is 5. The number of hydrogen-bond acceptors (Lipinski definition) is 21. The summed E-state index contributed by atoms with van der Waals surface area (Å²) in [5.41, 5.74) is -0.301. The molecule has 462 valence electrons. The predicted molar refractivity (Wildman–Crippen MR) is 293 cm³/mol. The van der Waals surface area contributed by atoms with Crippen molar-refractivity contribution in [1.29, 1.82) is 0 Å². The number of carbonyl (C=O) groups excluding carboxylic acids is 2. The van der Waals surface area contributed by atoms with Crippen LogP contribution in [0.4, 0.5) is 0 Å². The Morgan fingerprint density at radius 1 is 0.639 bits per heavy atom. The second-order valence-electron chi connectivity index (χ2n) is 24.9. The number of benzene rings is 2. The summed E-state index contributed by atoms with van der Waals surface area (Å²) in [6.07, 6.45) is -11.9. The Morgan fingerprint density at radius 3 is 1.83 bits per heavy atom. The SMILES string of the molecule is CO[C@@H]1[C@@H](O)[C@H](O[C@H]2[C@@H](OC)C[C@H](O[C@H]3[C@@H](OC)C[C@H](O[C@H]4CC[C@@]5(C)C(=CC[C@@H]6[C@@H]5C[C@@H](OC(=O)c5ccccc5)[C@]5(C)[C@@H]([C@H](C)OC(=O)c7ccccc7)CC[C@]65O)C4)O[C@@H]3C)O[C@@H]2C)O[C@H](C)[C@H]1O[C@@H]1O[C@H](CO)[C@H](O)[C@H](O)[C@H]1O. The average molecular weight is 1170 g/mol. The molecule has 10 rings (SSSR count). The largest absolute Gasteiger partial charge is 0.459 e. The molecule has 6 N–H and O–H groups in total. The number of methoxy groups -OCH3 is 3. The van der Waals surface area contributed by atoms with E-state index in [1.54, 1.807) is 57.5 Å². The molecule has 21 heteroatoms. The normalized spacial score (nSPS) is 45.7. The van der Waals surface area contributed by atoms with E-state index in [0.29, 0.717) is 49.7 Å². The van der Waals surface area contributed by atoms with Crippen LogP contribution in [0.25, 0.3) is 0 Å². The molecule has 0 spiro atoms. The van der Waals surface area contributed by atoms with Crippen molar-refractivity contribution < 1.29 is 102 Å². The third-order valence-electron chi connectivity index (χ3n) is 20.5. The number of ether oxygens (including phenoxy) is 13. The zero-order chi connectivity index (χ0) is 59.3. The van der Waals surface area contributed by atoms with Gasteiger partial charge in [-0.25, -0.2) is 9.59 Å². The number of aliphatic hydroxyl groups is 6. The minimum atomic E-state index is -1.67. The molecule has 0 radical (unpaired) electrons. The second kappa shape index (κ2) is 25.6. The summed E-state index contributed by atoms with van der Waals surface area (Å²) in [4.78, 5) is 27.5. The Bertz CT molecular complexity index is 2520. The Labute approximate surface area is 486 Å². The van der Waals surface area contributed by atoms with Crippen LogP contribution in [0.1, 0.15) is 120 Å². The lowest BCUT2D eigenvalue weighted by atomic mass is 9.44. The van der Waals surface area contributed by atoms with E-state index in [9.17, 15) is 40.2 Å². The van der Waals surface area contributed by atoms with Gasteiger partial charge in [0.05, 0.1) is 60.0 Å². The van der Waals surface area contributed by atoms with Crippen molar-refractivity contribution in [2.45, 2.75) is 234 Å². The molecule has 0 amide bonds. The van der Waals surface area contributed by atoms with Crippen LogP contribution < -0.4 is 0 Å². The minimum Gasteiger partial charge on any atom is -0.459 e. The highest BCUT2D eigenvalue weighted by Gasteiger charge is 2.72. The summed E-state index contributed by atoms with van der Waals surface area (Å²) in [7, 11) is 4.56. The highest BCUT2D eigenvalue weighted by atomic mass is 16.8. The molecule has 83 heavy (non-hydrogen) atoms. The zero-order valence-corrected chi connectivity index (χ0v) is 49.1. The molecule has 2 aromatic rings. The maximum Gasteiger partial charge on any atom is 0.338 e. The Kier molecular flexibility index (Phi) is 19.3. The van der Waals surface area contributed by atoms with Crippen molar-refractivity contribution in [3.63, 3.8) is 0 Å². The van der Waals surface area contributed by atoms with E-state index in [1.807, 2.05) is 45.0 Å². The van der Waals surface area contributed by atoms with Crippen molar-refractivity contribution in [2.24, 2.45) is 28.6 Å². The first-order valence-corrected chi connectivity index (χ1v) is 29.8. The molecule has 4 saturated heterocycles. The van der Waals surface area contributed by atoms with Gasteiger partial charge < -0.3 is 92.2 Å². The highest BCUT2D eigenvalue weighted by Crippen LogP contribution is 2.69. The number of allylic oxidation sites excluding steroid dienone is 1. The van der Waals surface area contributed by atoms with Gasteiger partial charge in [0.1, 0.15) is 67.1 Å². The van der Waals surface area contributed by atoms with E-state index in [2.05, 4.69) is 19.9 Å². The Hall–Kier alpha value is -3.56. The van der Waals surface area contributed by atoms with Crippen molar-refractivity contribution in [3.8, 4) is 0 Å². The molecule has 7 fully saturated rings. The van der Waals surface area contributed by atoms with E-state index in [4.69, 9.17) is 61.6 Å². The number of esters is 2. The van der Waals surface area contributed by atoms with Gasteiger partial charge in [-0.3, -0.25) is 0 Å². The molecule has 4 aliphatic carbocycles. The molecule has 3 saturated carbocycles. The third kappa shape index (κ3) is 11.9. The summed E-state index contributed by atoms with van der Waals surface area (Å²) in [6.45, 7) is 11.0. The van der Waals surface area contributed by atoms with Crippen molar-refractivity contribution >= 4 is 11.9 Å². The summed E-state index contributed by atoms with van der Waals surface area (Å²) < 4.78 is 81.2. The van der Waals surface area contributed by atoms with Crippen molar-refractivity contribution in [2.75, 3.05) is 27.9 Å². The summed E-state index contributed by atoms with van der Waals surface area (Å²) >= 11 is 0. The number of carbonyl (C=O) groups is 2. The standard InChI is InChI=1S/C62H88O21/c1-31(76-56(68)35-16-12-10-13-17-35)39-23-25-62(70)40-21-20-37-26-38(22-24-60(37,5)41(40)27-45(61(39,62)6)80-57(69)36-18-14-11-15-19-36)78-46-28-42(71-7)52(32(2)74-46)81-47-29-43(72-8)53(33(3)75-47)82-59-51(67)55(73-9)54(34(4)77-59)83-58-50(66)49(65)48(64)44(30-63)79-58/h10-20,31-34,38-55,58-59,63-67,70H,21-30H2,1-9H3/t31-,32+,33+,34+,38-,39+,40+,41-,42-,43-,44+,45+,46-,47-,48-,49-,50+,51+,52+,53+,54+,55+,58-,59-,60-,61-,62-/m0/s1. The lowest BCUT2D eigenvalue weighted by Gasteiger charge is -2.63. The lowest BCUT2D eigenvalue weighted by molar-refractivity contribution is -0.373. The van der Waals surface area contributed by atoms with Gasteiger partial charge in [-0.1, -0.05) is 61.9 Å². The maximum absolute atomic E-state index is 14.1. The van der Waals surface area contributed by atoms with Crippen molar-refractivity contribution in [1.82, 2.24) is 0 Å². The van der Waals surface area contributed by atoms with E-state index >= 15 is 0 Å². The molecule has 8 aliphatic rings. The maximum atomic E-state index is 14.1. The van der Waals surface area contributed by atoms with Crippen LogP contribution in [0.5, 0.6) is 0 Å². The van der Waals surface area contributed by atoms with Crippen molar-refractivity contribution in [3.05, 3.63) is 83.4 Å². The van der Waals surface area contributed by atoms with Gasteiger partial charge in [0, 0.05) is 45.5 Å².